The standard InChI is InChI=1S/C14H21N3O2/c1-11-13(3-2-7-16-11)14(18)17-8-4-12(5-9-17)19-10-6-15/h2-3,7,12H,4-6,8-10,15H2,1H3. The second kappa shape index (κ2) is 6.63. The molecule has 0 spiro atoms. The van der Waals surface area contributed by atoms with Gasteiger partial charge in [-0.15, -0.1) is 0 Å². The van der Waals surface area contributed by atoms with Gasteiger partial charge in [0.15, 0.2) is 0 Å². The number of nitrogens with zero attached hydrogens (tertiary/aromatic N) is 2. The summed E-state index contributed by atoms with van der Waals surface area (Å²) in [7, 11) is 0. The maximum Gasteiger partial charge on any atom is 0.255 e. The van der Waals surface area contributed by atoms with Crippen LogP contribution in [-0.4, -0.2) is 48.1 Å². The van der Waals surface area contributed by atoms with Crippen molar-refractivity contribution in [3.05, 3.63) is 29.6 Å². The Morgan fingerprint density at radius 2 is 2.26 bits per heavy atom. The van der Waals surface area contributed by atoms with Crippen molar-refractivity contribution in [3.63, 3.8) is 0 Å². The summed E-state index contributed by atoms with van der Waals surface area (Å²) in [6.07, 6.45) is 3.71. The highest BCUT2D eigenvalue weighted by atomic mass is 16.5. The number of carbonyl (C=O) groups excluding carboxylic acids is 1. The molecule has 1 aliphatic heterocycles. The molecule has 1 aliphatic rings. The predicted octanol–water partition coefficient (Wildman–Crippen LogP) is 0.970. The minimum Gasteiger partial charge on any atom is -0.377 e. The molecule has 104 valence electrons. The highest BCUT2D eigenvalue weighted by Gasteiger charge is 2.24. The van der Waals surface area contributed by atoms with Crippen molar-refractivity contribution in [2.24, 2.45) is 5.73 Å². The van der Waals surface area contributed by atoms with Crippen LogP contribution in [0.25, 0.3) is 0 Å². The van der Waals surface area contributed by atoms with Gasteiger partial charge in [0.25, 0.3) is 5.91 Å². The van der Waals surface area contributed by atoms with Crippen LogP contribution in [-0.2, 0) is 4.74 Å². The van der Waals surface area contributed by atoms with Gasteiger partial charge >= 0.3 is 0 Å². The van der Waals surface area contributed by atoms with Crippen LogP contribution in [0.15, 0.2) is 18.3 Å². The van der Waals surface area contributed by atoms with Gasteiger partial charge in [-0.05, 0) is 31.9 Å². The highest BCUT2D eigenvalue weighted by molar-refractivity contribution is 5.95. The first-order valence-electron chi connectivity index (χ1n) is 6.75. The molecule has 0 unspecified atom stereocenters. The fourth-order valence-corrected chi connectivity index (χ4v) is 2.34. The van der Waals surface area contributed by atoms with Crippen molar-refractivity contribution >= 4 is 5.91 Å². The molecular formula is C14H21N3O2. The maximum absolute atomic E-state index is 12.4. The number of nitrogens with two attached hydrogens (primary N) is 1. The van der Waals surface area contributed by atoms with Crippen molar-refractivity contribution in [2.75, 3.05) is 26.2 Å². The number of aryl methyl sites for hydroxylation is 1. The van der Waals surface area contributed by atoms with Crippen molar-refractivity contribution in [1.82, 2.24) is 9.88 Å². The Kier molecular flexibility index (Phi) is 4.87. The lowest BCUT2D eigenvalue weighted by Crippen LogP contribution is -2.41. The van der Waals surface area contributed by atoms with Gasteiger partial charge in [-0.2, -0.15) is 0 Å². The van der Waals surface area contributed by atoms with Gasteiger partial charge in [0.05, 0.1) is 18.3 Å². The van der Waals surface area contributed by atoms with Crippen molar-refractivity contribution in [2.45, 2.75) is 25.9 Å². The number of piperidine rings is 1. The SMILES string of the molecule is Cc1ncccc1C(=O)N1CCC(OCCN)CC1. The van der Waals surface area contributed by atoms with Crippen LogP contribution < -0.4 is 5.73 Å². The Balaban J connectivity index is 1.91. The Bertz CT molecular complexity index is 428. The van der Waals surface area contributed by atoms with Crippen LogP contribution in [0.2, 0.25) is 0 Å². The number of hydrogen-bond donors (Lipinski definition) is 1. The first-order chi connectivity index (χ1) is 9.22. The van der Waals surface area contributed by atoms with Gasteiger partial charge in [0.2, 0.25) is 0 Å². The van der Waals surface area contributed by atoms with Crippen LogP contribution in [0.4, 0.5) is 0 Å². The zero-order chi connectivity index (χ0) is 13.7. The number of likely N-dealkylation sites (tertiary alicyclic amines) is 1. The lowest BCUT2D eigenvalue weighted by Gasteiger charge is -2.32. The van der Waals surface area contributed by atoms with Crippen molar-refractivity contribution in [3.8, 4) is 0 Å². The van der Waals surface area contributed by atoms with Gasteiger partial charge in [0.1, 0.15) is 0 Å². The number of aromatic nitrogens is 1. The third kappa shape index (κ3) is 3.52. The maximum atomic E-state index is 12.4. The largest absolute Gasteiger partial charge is 0.377 e. The van der Waals surface area contributed by atoms with Crippen LogP contribution in [0.5, 0.6) is 0 Å². The van der Waals surface area contributed by atoms with Gasteiger partial charge in [-0.3, -0.25) is 9.78 Å². The molecule has 0 radical (unpaired) electrons. The molecule has 1 aromatic heterocycles. The summed E-state index contributed by atoms with van der Waals surface area (Å²) < 4.78 is 5.61. The molecule has 1 aromatic rings. The van der Waals surface area contributed by atoms with E-state index in [2.05, 4.69) is 4.98 Å². The summed E-state index contributed by atoms with van der Waals surface area (Å²) in [5.41, 5.74) is 6.90. The third-order valence-electron chi connectivity index (χ3n) is 3.44. The van der Waals surface area contributed by atoms with Crippen molar-refractivity contribution < 1.29 is 9.53 Å². The fourth-order valence-electron chi connectivity index (χ4n) is 2.34. The van der Waals surface area contributed by atoms with Gasteiger partial charge < -0.3 is 15.4 Å². The Hall–Kier alpha value is -1.46. The predicted molar refractivity (Wildman–Crippen MR) is 72.9 cm³/mol. The van der Waals surface area contributed by atoms with E-state index in [1.165, 1.54) is 0 Å². The molecule has 2 N–H and O–H groups in total. The molecule has 0 atom stereocenters. The zero-order valence-electron chi connectivity index (χ0n) is 11.3. The number of rotatable bonds is 4. The molecule has 0 bridgehead atoms. The van der Waals surface area contributed by atoms with E-state index in [0.717, 1.165) is 31.6 Å². The van der Waals surface area contributed by atoms with Gasteiger partial charge in [-0.1, -0.05) is 0 Å². The Morgan fingerprint density at radius 1 is 1.53 bits per heavy atom. The summed E-state index contributed by atoms with van der Waals surface area (Å²) in [4.78, 5) is 18.4. The van der Waals surface area contributed by atoms with Crippen molar-refractivity contribution in [1.29, 1.82) is 0 Å². The van der Waals surface area contributed by atoms with Gasteiger partial charge in [-0.25, -0.2) is 0 Å². The van der Waals surface area contributed by atoms with E-state index in [-0.39, 0.29) is 12.0 Å². The molecule has 2 heterocycles. The minimum atomic E-state index is 0.0721. The molecule has 0 aromatic carbocycles. The molecule has 1 fully saturated rings. The fraction of sp³-hybridized carbons (Fsp3) is 0.571. The lowest BCUT2D eigenvalue weighted by atomic mass is 10.1. The van der Waals surface area contributed by atoms with Crippen LogP contribution in [0.1, 0.15) is 28.9 Å². The summed E-state index contributed by atoms with van der Waals surface area (Å²) in [6.45, 7) is 4.49. The topological polar surface area (TPSA) is 68.5 Å². The van der Waals surface area contributed by atoms with E-state index in [4.69, 9.17) is 10.5 Å². The highest BCUT2D eigenvalue weighted by Crippen LogP contribution is 2.17. The van der Waals surface area contributed by atoms with E-state index in [0.29, 0.717) is 18.7 Å². The molecule has 5 nitrogen and oxygen atoms in total. The molecule has 5 heteroatoms. The molecule has 1 saturated heterocycles. The zero-order valence-corrected chi connectivity index (χ0v) is 11.3. The van der Waals surface area contributed by atoms with Gasteiger partial charge in [0, 0.05) is 31.5 Å². The van der Waals surface area contributed by atoms with E-state index < -0.39 is 0 Å². The summed E-state index contributed by atoms with van der Waals surface area (Å²) in [5.74, 6) is 0.0721. The van der Waals surface area contributed by atoms with Crippen LogP contribution >= 0.6 is 0 Å². The molecule has 19 heavy (non-hydrogen) atoms. The number of ether oxygens (including phenoxy) is 1. The first-order valence-corrected chi connectivity index (χ1v) is 6.75. The average Bonchev–Trinajstić information content (AvgIpc) is 2.45. The van der Waals surface area contributed by atoms with Crippen LogP contribution in [0, 0.1) is 6.92 Å². The lowest BCUT2D eigenvalue weighted by molar-refractivity contribution is 0.0121. The van der Waals surface area contributed by atoms with E-state index >= 15 is 0 Å². The molecule has 1 amide bonds. The quantitative estimate of drug-likeness (QED) is 0.879. The van der Waals surface area contributed by atoms with E-state index in [1.807, 2.05) is 17.9 Å². The Labute approximate surface area is 113 Å². The second-order valence-electron chi connectivity index (χ2n) is 4.79. The molecule has 0 aliphatic carbocycles. The number of carbonyl (C=O) groups is 1. The summed E-state index contributed by atoms with van der Waals surface area (Å²) in [5, 5.41) is 0. The summed E-state index contributed by atoms with van der Waals surface area (Å²) >= 11 is 0. The second-order valence-corrected chi connectivity index (χ2v) is 4.79. The number of hydrogen-bond acceptors (Lipinski definition) is 4. The first kappa shape index (κ1) is 14.0. The third-order valence-corrected chi connectivity index (χ3v) is 3.44. The number of amides is 1. The average molecular weight is 263 g/mol. The van der Waals surface area contributed by atoms with E-state index in [9.17, 15) is 4.79 Å². The van der Waals surface area contributed by atoms with E-state index in [1.54, 1.807) is 12.3 Å². The molecular weight excluding hydrogens is 242 g/mol. The Morgan fingerprint density at radius 3 is 2.89 bits per heavy atom. The smallest absolute Gasteiger partial charge is 0.255 e. The normalized spacial score (nSPS) is 16.6. The minimum absolute atomic E-state index is 0.0721. The number of pyridine rings is 1. The molecule has 2 rings (SSSR count). The molecule has 0 saturated carbocycles. The summed E-state index contributed by atoms with van der Waals surface area (Å²) in [6, 6.07) is 3.64. The van der Waals surface area contributed by atoms with Crippen LogP contribution in [0.3, 0.4) is 0 Å². The monoisotopic (exact) mass is 263 g/mol.